The second-order valence-corrected chi connectivity index (χ2v) is 10.4. The fraction of sp³-hybridized carbons (Fsp3) is 0.857. The van der Waals surface area contributed by atoms with E-state index in [9.17, 15) is 9.90 Å². The molecule has 0 amide bonds. The average molecular weight is 358 g/mol. The van der Waals surface area contributed by atoms with Crippen LogP contribution in [0, 0.1) is 28.6 Å². The number of esters is 1. The smallest absolute Gasteiger partial charge is 0.334 e. The lowest BCUT2D eigenvalue weighted by Gasteiger charge is -2.54. The van der Waals surface area contributed by atoms with Crippen molar-refractivity contribution in [1.82, 2.24) is 0 Å². The number of hydrogen-bond acceptors (Lipinski definition) is 5. The van der Waals surface area contributed by atoms with Crippen LogP contribution in [-0.4, -0.2) is 47.2 Å². The summed E-state index contributed by atoms with van der Waals surface area (Å²) in [7, 11) is 0. The molecule has 3 saturated carbocycles. The van der Waals surface area contributed by atoms with Crippen LogP contribution >= 0.6 is 0 Å². The van der Waals surface area contributed by atoms with Crippen molar-refractivity contribution in [2.24, 2.45) is 28.6 Å². The van der Waals surface area contributed by atoms with Crippen molar-refractivity contribution in [1.29, 1.82) is 0 Å². The largest absolute Gasteiger partial charge is 0.458 e. The molecule has 7 rings (SSSR count). The summed E-state index contributed by atoms with van der Waals surface area (Å²) in [5.41, 5.74) is 1.13. The minimum absolute atomic E-state index is 0.0197. The Balaban J connectivity index is 1.39. The van der Waals surface area contributed by atoms with E-state index in [1.807, 2.05) is 0 Å². The topological polar surface area (TPSA) is 71.6 Å². The van der Waals surface area contributed by atoms with Crippen LogP contribution in [-0.2, 0) is 19.0 Å². The summed E-state index contributed by atoms with van der Waals surface area (Å²) in [6, 6.07) is 0. The van der Waals surface area contributed by atoms with E-state index < -0.39 is 11.7 Å². The first-order chi connectivity index (χ1) is 12.3. The zero-order valence-corrected chi connectivity index (χ0v) is 15.6. The van der Waals surface area contributed by atoms with Gasteiger partial charge in [0.15, 0.2) is 5.60 Å². The molecule has 3 aliphatic heterocycles. The highest BCUT2D eigenvalue weighted by Crippen LogP contribution is 2.86. The standard InChI is InChI=1S/C21H26O5/c1-9(2)19-7-13(19)15-21(26-15)18(3)5-4-10-11(8-24-16(10)22)12(18)6-14-20(21,25-14)17(19)23/h9,12-15,17,23H,4-8H2,1-3H3/t12-,13?,14-,15-,17+,18-,19+,20+,21+/m0/s1. The number of cyclic esters (lactones) is 1. The summed E-state index contributed by atoms with van der Waals surface area (Å²) < 4.78 is 18.4. The third-order valence-corrected chi connectivity index (χ3v) is 9.83. The Labute approximate surface area is 153 Å². The number of carbonyl (C=O) groups is 1. The van der Waals surface area contributed by atoms with Gasteiger partial charge in [-0.3, -0.25) is 0 Å². The minimum Gasteiger partial charge on any atom is -0.458 e. The van der Waals surface area contributed by atoms with E-state index in [0.29, 0.717) is 18.4 Å². The Morgan fingerprint density at radius 1 is 1.27 bits per heavy atom. The molecular weight excluding hydrogens is 332 g/mol. The van der Waals surface area contributed by atoms with E-state index in [1.54, 1.807) is 0 Å². The Morgan fingerprint density at radius 3 is 2.85 bits per heavy atom. The quantitative estimate of drug-likeness (QED) is 0.573. The lowest BCUT2D eigenvalue weighted by Crippen LogP contribution is -2.67. The maximum Gasteiger partial charge on any atom is 0.334 e. The fourth-order valence-electron chi connectivity index (χ4n) is 8.38. The second-order valence-electron chi connectivity index (χ2n) is 10.4. The molecule has 5 nitrogen and oxygen atoms in total. The summed E-state index contributed by atoms with van der Waals surface area (Å²) in [6.07, 6.45) is 3.49. The Morgan fingerprint density at radius 2 is 2.08 bits per heavy atom. The van der Waals surface area contributed by atoms with Crippen molar-refractivity contribution in [3.8, 4) is 0 Å². The van der Waals surface area contributed by atoms with E-state index in [1.165, 1.54) is 5.57 Å². The van der Waals surface area contributed by atoms with E-state index >= 15 is 0 Å². The van der Waals surface area contributed by atoms with E-state index in [4.69, 9.17) is 14.2 Å². The summed E-state index contributed by atoms with van der Waals surface area (Å²) in [6.45, 7) is 7.25. The fourth-order valence-corrected chi connectivity index (χ4v) is 8.38. The lowest BCUT2D eigenvalue weighted by molar-refractivity contribution is -0.136. The Hall–Kier alpha value is -0.910. The monoisotopic (exact) mass is 358 g/mol. The second kappa shape index (κ2) is 3.81. The highest BCUT2D eigenvalue weighted by Gasteiger charge is 2.98. The molecule has 0 radical (unpaired) electrons. The minimum atomic E-state index is -0.512. The van der Waals surface area contributed by atoms with Crippen LogP contribution in [0.4, 0.5) is 0 Å². The molecule has 1 unspecified atom stereocenters. The molecule has 5 heteroatoms. The molecular formula is C21H26O5. The van der Waals surface area contributed by atoms with Crippen molar-refractivity contribution in [2.45, 2.75) is 76.0 Å². The first kappa shape index (κ1) is 15.1. The molecule has 0 aromatic carbocycles. The predicted molar refractivity (Wildman–Crippen MR) is 90.0 cm³/mol. The highest BCUT2D eigenvalue weighted by molar-refractivity contribution is 5.92. The molecule has 2 saturated heterocycles. The van der Waals surface area contributed by atoms with Gasteiger partial charge in [0.25, 0.3) is 0 Å². The molecule has 3 heterocycles. The molecule has 26 heavy (non-hydrogen) atoms. The normalized spacial score (nSPS) is 63.1. The number of carbonyl (C=O) groups excluding carboxylic acids is 1. The van der Waals surface area contributed by atoms with Gasteiger partial charge in [-0.25, -0.2) is 4.79 Å². The lowest BCUT2D eigenvalue weighted by atomic mass is 9.46. The van der Waals surface area contributed by atoms with Gasteiger partial charge in [0.05, 0.1) is 18.3 Å². The SMILES string of the molecule is CC(C)[C@]12CC1[C@@H]1O[C@]13[C@]1(O[C@H]1C[C@H]1C4=C(CC[C@@]13C)C(=O)OC4)[C@@H]2O. The van der Waals surface area contributed by atoms with Crippen LogP contribution in [0.5, 0.6) is 0 Å². The van der Waals surface area contributed by atoms with Crippen molar-refractivity contribution in [3.63, 3.8) is 0 Å². The van der Waals surface area contributed by atoms with Crippen LogP contribution in [0.15, 0.2) is 11.1 Å². The first-order valence-electron chi connectivity index (χ1n) is 10.3. The average Bonchev–Trinajstić information content (AvgIpc) is 3.47. The number of aliphatic hydroxyl groups is 1. The van der Waals surface area contributed by atoms with Crippen LogP contribution in [0.1, 0.15) is 46.5 Å². The van der Waals surface area contributed by atoms with Crippen LogP contribution in [0.25, 0.3) is 0 Å². The van der Waals surface area contributed by atoms with Crippen molar-refractivity contribution < 1.29 is 24.1 Å². The molecule has 0 aromatic rings. The molecule has 2 spiro atoms. The number of rotatable bonds is 1. The number of epoxide rings is 2. The molecule has 7 aliphatic rings. The maximum absolute atomic E-state index is 12.1. The van der Waals surface area contributed by atoms with Gasteiger partial charge in [-0.05, 0) is 49.0 Å². The highest BCUT2D eigenvalue weighted by atomic mass is 16.7. The Kier molecular flexibility index (Phi) is 2.21. The third-order valence-electron chi connectivity index (χ3n) is 9.83. The van der Waals surface area contributed by atoms with Gasteiger partial charge in [0.1, 0.15) is 12.2 Å². The first-order valence-corrected chi connectivity index (χ1v) is 10.3. The number of fused-ring (bicyclic) bond motifs is 4. The Bertz CT molecular complexity index is 817. The molecule has 0 bridgehead atoms. The van der Waals surface area contributed by atoms with Crippen LogP contribution in [0.3, 0.4) is 0 Å². The van der Waals surface area contributed by atoms with Gasteiger partial charge in [0.2, 0.25) is 0 Å². The van der Waals surface area contributed by atoms with E-state index in [0.717, 1.165) is 31.3 Å². The van der Waals surface area contributed by atoms with Gasteiger partial charge in [-0.2, -0.15) is 0 Å². The predicted octanol–water partition coefficient (Wildman–Crippen LogP) is 1.97. The molecule has 0 aromatic heterocycles. The zero-order chi connectivity index (χ0) is 17.9. The molecule has 4 aliphatic carbocycles. The summed E-state index contributed by atoms with van der Waals surface area (Å²) in [4.78, 5) is 12.1. The van der Waals surface area contributed by atoms with Gasteiger partial charge in [-0.1, -0.05) is 20.8 Å². The molecule has 5 fully saturated rings. The molecule has 1 N–H and O–H groups in total. The summed E-state index contributed by atoms with van der Waals surface area (Å²) in [5.74, 6) is 1.06. The zero-order valence-electron chi connectivity index (χ0n) is 15.6. The van der Waals surface area contributed by atoms with Gasteiger partial charge in [-0.15, -0.1) is 0 Å². The molecule has 140 valence electrons. The van der Waals surface area contributed by atoms with Crippen molar-refractivity contribution >= 4 is 5.97 Å². The van der Waals surface area contributed by atoms with Gasteiger partial charge in [0, 0.05) is 16.4 Å². The summed E-state index contributed by atoms with van der Waals surface area (Å²) >= 11 is 0. The van der Waals surface area contributed by atoms with E-state index in [2.05, 4.69) is 20.8 Å². The van der Waals surface area contributed by atoms with Crippen molar-refractivity contribution in [3.05, 3.63) is 11.1 Å². The van der Waals surface area contributed by atoms with Gasteiger partial charge < -0.3 is 19.3 Å². The van der Waals surface area contributed by atoms with Crippen molar-refractivity contribution in [2.75, 3.05) is 6.61 Å². The number of aliphatic hydroxyl groups excluding tert-OH is 1. The summed E-state index contributed by atoms with van der Waals surface area (Å²) in [5, 5.41) is 11.6. The third kappa shape index (κ3) is 1.15. The molecule has 9 atom stereocenters. The maximum atomic E-state index is 12.1. The van der Waals surface area contributed by atoms with Crippen LogP contribution < -0.4 is 0 Å². The van der Waals surface area contributed by atoms with E-state index in [-0.39, 0.29) is 40.5 Å². The number of hydrogen-bond donors (Lipinski definition) is 1. The van der Waals surface area contributed by atoms with Gasteiger partial charge >= 0.3 is 5.97 Å². The number of ether oxygens (including phenoxy) is 3. The van der Waals surface area contributed by atoms with Crippen LogP contribution in [0.2, 0.25) is 0 Å².